The Kier molecular flexibility index (Phi) is 3.00. The SMILES string of the molecule is NCc1sc(-c2ccccc2F)nc1Cl. The van der Waals surface area contributed by atoms with Crippen molar-refractivity contribution in [2.75, 3.05) is 0 Å². The second-order valence-electron chi connectivity index (χ2n) is 2.92. The Bertz CT molecular complexity index is 484. The van der Waals surface area contributed by atoms with Crippen LogP contribution in [0.5, 0.6) is 0 Å². The molecule has 78 valence electrons. The van der Waals surface area contributed by atoms with E-state index in [1.807, 2.05) is 0 Å². The molecule has 1 aromatic heterocycles. The van der Waals surface area contributed by atoms with E-state index in [-0.39, 0.29) is 5.82 Å². The fourth-order valence-corrected chi connectivity index (χ4v) is 2.40. The molecule has 1 aromatic carbocycles. The molecule has 2 N–H and O–H groups in total. The average molecular weight is 243 g/mol. The van der Waals surface area contributed by atoms with E-state index in [9.17, 15) is 4.39 Å². The summed E-state index contributed by atoms with van der Waals surface area (Å²) >= 11 is 7.16. The fourth-order valence-electron chi connectivity index (χ4n) is 1.21. The van der Waals surface area contributed by atoms with Crippen molar-refractivity contribution in [3.63, 3.8) is 0 Å². The Labute approximate surface area is 95.5 Å². The summed E-state index contributed by atoms with van der Waals surface area (Å²) < 4.78 is 13.4. The molecule has 0 saturated heterocycles. The van der Waals surface area contributed by atoms with Crippen LogP contribution < -0.4 is 5.73 Å². The van der Waals surface area contributed by atoms with Crippen LogP contribution in [0.15, 0.2) is 24.3 Å². The Hall–Kier alpha value is -0.970. The maximum absolute atomic E-state index is 13.4. The zero-order chi connectivity index (χ0) is 10.8. The third kappa shape index (κ3) is 2.02. The molecule has 0 atom stereocenters. The molecule has 0 aliphatic rings. The Balaban J connectivity index is 2.50. The third-order valence-corrected chi connectivity index (χ3v) is 3.47. The maximum atomic E-state index is 13.4. The fraction of sp³-hybridized carbons (Fsp3) is 0.100. The molecule has 0 amide bonds. The first kappa shape index (κ1) is 10.5. The van der Waals surface area contributed by atoms with Gasteiger partial charge in [0, 0.05) is 12.1 Å². The lowest BCUT2D eigenvalue weighted by atomic mass is 10.2. The minimum absolute atomic E-state index is 0.300. The molecule has 0 fully saturated rings. The van der Waals surface area contributed by atoms with Gasteiger partial charge in [0.2, 0.25) is 0 Å². The van der Waals surface area contributed by atoms with E-state index >= 15 is 0 Å². The third-order valence-electron chi connectivity index (χ3n) is 1.94. The average Bonchev–Trinajstić information content (AvgIpc) is 2.60. The number of benzene rings is 1. The molecular weight excluding hydrogens is 235 g/mol. The number of thiazole rings is 1. The van der Waals surface area contributed by atoms with E-state index in [1.165, 1.54) is 17.4 Å². The van der Waals surface area contributed by atoms with E-state index in [1.54, 1.807) is 18.2 Å². The quantitative estimate of drug-likeness (QED) is 0.879. The lowest BCUT2D eigenvalue weighted by Crippen LogP contribution is -1.92. The van der Waals surface area contributed by atoms with Crippen LogP contribution in [0.4, 0.5) is 4.39 Å². The van der Waals surface area contributed by atoms with Crippen molar-refractivity contribution in [2.45, 2.75) is 6.54 Å². The number of rotatable bonds is 2. The first-order chi connectivity index (χ1) is 7.22. The zero-order valence-electron chi connectivity index (χ0n) is 7.71. The monoisotopic (exact) mass is 242 g/mol. The predicted molar refractivity (Wildman–Crippen MR) is 60.4 cm³/mol. The number of hydrogen-bond acceptors (Lipinski definition) is 3. The smallest absolute Gasteiger partial charge is 0.145 e. The van der Waals surface area contributed by atoms with Crippen LogP contribution in [0.25, 0.3) is 10.6 Å². The number of nitrogens with zero attached hydrogens (tertiary/aromatic N) is 1. The molecule has 2 nitrogen and oxygen atoms in total. The lowest BCUT2D eigenvalue weighted by molar-refractivity contribution is 0.631. The molecule has 0 unspecified atom stereocenters. The highest BCUT2D eigenvalue weighted by molar-refractivity contribution is 7.15. The largest absolute Gasteiger partial charge is 0.326 e. The van der Waals surface area contributed by atoms with Crippen LogP contribution in [0, 0.1) is 5.82 Å². The van der Waals surface area contributed by atoms with Crippen LogP contribution >= 0.6 is 22.9 Å². The molecule has 15 heavy (non-hydrogen) atoms. The molecule has 0 aliphatic heterocycles. The topological polar surface area (TPSA) is 38.9 Å². The molecule has 0 radical (unpaired) electrons. The van der Waals surface area contributed by atoms with Gasteiger partial charge in [-0.15, -0.1) is 11.3 Å². The molecule has 0 saturated carbocycles. The van der Waals surface area contributed by atoms with Crippen LogP contribution in [-0.4, -0.2) is 4.98 Å². The van der Waals surface area contributed by atoms with Crippen LogP contribution in [0.3, 0.4) is 0 Å². The zero-order valence-corrected chi connectivity index (χ0v) is 9.28. The number of halogens is 2. The summed E-state index contributed by atoms with van der Waals surface area (Å²) in [6.07, 6.45) is 0. The first-order valence-corrected chi connectivity index (χ1v) is 5.52. The molecule has 5 heteroatoms. The van der Waals surface area contributed by atoms with Gasteiger partial charge in [-0.1, -0.05) is 23.7 Å². The van der Waals surface area contributed by atoms with Gasteiger partial charge in [-0.2, -0.15) is 0 Å². The number of hydrogen-bond donors (Lipinski definition) is 1. The lowest BCUT2D eigenvalue weighted by Gasteiger charge is -1.96. The van der Waals surface area contributed by atoms with Crippen molar-refractivity contribution >= 4 is 22.9 Å². The summed E-state index contributed by atoms with van der Waals surface area (Å²) in [7, 11) is 0. The van der Waals surface area contributed by atoms with Gasteiger partial charge >= 0.3 is 0 Å². The van der Waals surface area contributed by atoms with Crippen molar-refractivity contribution in [2.24, 2.45) is 5.73 Å². The minimum atomic E-state index is -0.300. The van der Waals surface area contributed by atoms with E-state index in [4.69, 9.17) is 17.3 Å². The second-order valence-corrected chi connectivity index (χ2v) is 4.36. The summed E-state index contributed by atoms with van der Waals surface area (Å²) in [6.45, 7) is 0.324. The predicted octanol–water partition coefficient (Wildman–Crippen LogP) is 3.06. The van der Waals surface area contributed by atoms with Gasteiger partial charge in [-0.05, 0) is 12.1 Å². The van der Waals surface area contributed by atoms with Gasteiger partial charge in [-0.25, -0.2) is 9.37 Å². The van der Waals surface area contributed by atoms with Crippen LogP contribution in [0.1, 0.15) is 4.88 Å². The summed E-state index contributed by atoms with van der Waals surface area (Å²) in [5.74, 6) is -0.300. The van der Waals surface area contributed by atoms with Gasteiger partial charge in [-0.3, -0.25) is 0 Å². The van der Waals surface area contributed by atoms with Crippen molar-refractivity contribution in [3.8, 4) is 10.6 Å². The highest BCUT2D eigenvalue weighted by atomic mass is 35.5. The number of aromatic nitrogens is 1. The van der Waals surface area contributed by atoms with Gasteiger partial charge in [0.05, 0.1) is 4.88 Å². The summed E-state index contributed by atoms with van der Waals surface area (Å²) in [6, 6.07) is 6.46. The van der Waals surface area contributed by atoms with E-state index in [0.29, 0.717) is 22.3 Å². The van der Waals surface area contributed by atoms with Gasteiger partial charge in [0.25, 0.3) is 0 Å². The van der Waals surface area contributed by atoms with Gasteiger partial charge < -0.3 is 5.73 Å². The van der Waals surface area contributed by atoms with Crippen LogP contribution in [-0.2, 0) is 6.54 Å². The summed E-state index contributed by atoms with van der Waals surface area (Å²) in [4.78, 5) is 4.85. The molecule has 2 rings (SSSR count). The van der Waals surface area contributed by atoms with Crippen molar-refractivity contribution < 1.29 is 4.39 Å². The van der Waals surface area contributed by atoms with Gasteiger partial charge in [0.1, 0.15) is 16.0 Å². The standard InChI is InChI=1S/C10H8ClFN2S/c11-9-8(5-13)15-10(14-9)6-3-1-2-4-7(6)12/h1-4H,5,13H2. The Morgan fingerprint density at radius 2 is 2.13 bits per heavy atom. The van der Waals surface area contributed by atoms with Crippen molar-refractivity contribution in [3.05, 3.63) is 40.1 Å². The van der Waals surface area contributed by atoms with Crippen LogP contribution in [0.2, 0.25) is 5.15 Å². The van der Waals surface area contributed by atoms with E-state index < -0.39 is 0 Å². The normalized spacial score (nSPS) is 10.6. The molecule has 2 aromatic rings. The van der Waals surface area contributed by atoms with E-state index in [2.05, 4.69) is 4.98 Å². The van der Waals surface area contributed by atoms with Crippen molar-refractivity contribution in [1.29, 1.82) is 0 Å². The minimum Gasteiger partial charge on any atom is -0.326 e. The van der Waals surface area contributed by atoms with Gasteiger partial charge in [0.15, 0.2) is 0 Å². The summed E-state index contributed by atoms with van der Waals surface area (Å²) in [5, 5.41) is 0.930. The molecule has 0 spiro atoms. The van der Waals surface area contributed by atoms with E-state index in [0.717, 1.165) is 4.88 Å². The highest BCUT2D eigenvalue weighted by Gasteiger charge is 2.12. The van der Waals surface area contributed by atoms with Crippen molar-refractivity contribution in [1.82, 2.24) is 4.98 Å². The highest BCUT2D eigenvalue weighted by Crippen LogP contribution is 2.31. The molecular formula is C10H8ClFN2S. The second kappa shape index (κ2) is 4.26. The Morgan fingerprint density at radius 3 is 2.73 bits per heavy atom. The molecule has 1 heterocycles. The molecule has 0 bridgehead atoms. The first-order valence-electron chi connectivity index (χ1n) is 4.32. The molecule has 0 aliphatic carbocycles. The Morgan fingerprint density at radius 1 is 1.40 bits per heavy atom. The number of nitrogens with two attached hydrogens (primary N) is 1. The maximum Gasteiger partial charge on any atom is 0.145 e. The summed E-state index contributed by atoms with van der Waals surface area (Å²) in [5.41, 5.74) is 5.93.